The van der Waals surface area contributed by atoms with Crippen LogP contribution in [-0.2, 0) is 4.79 Å². The van der Waals surface area contributed by atoms with Gasteiger partial charge in [0.2, 0.25) is 5.91 Å². The predicted octanol–water partition coefficient (Wildman–Crippen LogP) is 0.722. The summed E-state index contributed by atoms with van der Waals surface area (Å²) in [6.45, 7) is 6.16. The lowest BCUT2D eigenvalue weighted by Gasteiger charge is -2.13. The van der Waals surface area contributed by atoms with Crippen LogP contribution in [0, 0.1) is 6.92 Å². The first-order valence-electron chi connectivity index (χ1n) is 4.98. The molecule has 0 aliphatic carbocycles. The summed E-state index contributed by atoms with van der Waals surface area (Å²) in [5, 5.41) is 13.5. The van der Waals surface area contributed by atoms with Crippen molar-refractivity contribution < 1.29 is 4.79 Å². The molecule has 5 heteroatoms. The van der Waals surface area contributed by atoms with Gasteiger partial charge in [-0.2, -0.15) is 5.10 Å². The molecule has 1 heterocycles. The third-order valence-corrected chi connectivity index (χ3v) is 1.91. The van der Waals surface area contributed by atoms with Crippen LogP contribution in [-0.4, -0.2) is 28.7 Å². The standard InChI is InChI=1S/C10H16N4O/c1-4-11-10(15)8(3)12-9-6-5-7(2)13-14-9/h5-6,8H,4H2,1-3H3,(H,11,15)(H,12,14). The van der Waals surface area contributed by atoms with Crippen LogP contribution in [0.5, 0.6) is 0 Å². The number of nitrogens with one attached hydrogen (secondary N) is 2. The molecule has 1 atom stereocenters. The van der Waals surface area contributed by atoms with Crippen LogP contribution in [0.1, 0.15) is 19.5 Å². The Labute approximate surface area is 89.3 Å². The van der Waals surface area contributed by atoms with E-state index in [2.05, 4.69) is 20.8 Å². The molecule has 0 bridgehead atoms. The minimum atomic E-state index is -0.304. The van der Waals surface area contributed by atoms with Crippen molar-refractivity contribution in [1.82, 2.24) is 15.5 Å². The van der Waals surface area contributed by atoms with Crippen LogP contribution in [0.15, 0.2) is 12.1 Å². The molecule has 1 aromatic heterocycles. The van der Waals surface area contributed by atoms with Crippen LogP contribution in [0.25, 0.3) is 0 Å². The van der Waals surface area contributed by atoms with Gasteiger partial charge in [-0.25, -0.2) is 0 Å². The molecule has 0 saturated heterocycles. The Kier molecular flexibility index (Phi) is 4.03. The summed E-state index contributed by atoms with van der Waals surface area (Å²) in [6.07, 6.45) is 0. The van der Waals surface area contributed by atoms with Gasteiger partial charge in [0, 0.05) is 6.54 Å². The van der Waals surface area contributed by atoms with E-state index in [0.29, 0.717) is 12.4 Å². The quantitative estimate of drug-likeness (QED) is 0.765. The monoisotopic (exact) mass is 208 g/mol. The molecule has 1 rings (SSSR count). The highest BCUT2D eigenvalue weighted by atomic mass is 16.2. The maximum absolute atomic E-state index is 11.4. The zero-order valence-corrected chi connectivity index (χ0v) is 9.24. The summed E-state index contributed by atoms with van der Waals surface area (Å²) in [5.41, 5.74) is 0.853. The number of carbonyl (C=O) groups excluding carboxylic acids is 1. The molecule has 1 unspecified atom stereocenters. The molecular weight excluding hydrogens is 192 g/mol. The van der Waals surface area contributed by atoms with E-state index in [-0.39, 0.29) is 11.9 Å². The van der Waals surface area contributed by atoms with E-state index in [4.69, 9.17) is 0 Å². The third-order valence-electron chi connectivity index (χ3n) is 1.91. The molecule has 0 saturated carbocycles. The number of aryl methyl sites for hydroxylation is 1. The van der Waals surface area contributed by atoms with Gasteiger partial charge in [0.1, 0.15) is 11.9 Å². The van der Waals surface area contributed by atoms with Crippen LogP contribution in [0.4, 0.5) is 5.82 Å². The maximum atomic E-state index is 11.4. The zero-order chi connectivity index (χ0) is 11.3. The molecule has 0 spiro atoms. The number of anilines is 1. The summed E-state index contributed by atoms with van der Waals surface area (Å²) in [7, 11) is 0. The van der Waals surface area contributed by atoms with E-state index in [9.17, 15) is 4.79 Å². The number of likely N-dealkylation sites (N-methyl/N-ethyl adjacent to an activating group) is 1. The van der Waals surface area contributed by atoms with Gasteiger partial charge in [0.25, 0.3) is 0 Å². The lowest BCUT2D eigenvalue weighted by molar-refractivity contribution is -0.121. The van der Waals surface area contributed by atoms with Crippen molar-refractivity contribution >= 4 is 11.7 Å². The van der Waals surface area contributed by atoms with E-state index in [1.54, 1.807) is 13.0 Å². The van der Waals surface area contributed by atoms with Crippen LogP contribution >= 0.6 is 0 Å². The van der Waals surface area contributed by atoms with Gasteiger partial charge in [-0.05, 0) is 32.9 Å². The van der Waals surface area contributed by atoms with E-state index in [1.165, 1.54) is 0 Å². The lowest BCUT2D eigenvalue weighted by atomic mass is 10.3. The summed E-state index contributed by atoms with van der Waals surface area (Å²) < 4.78 is 0. The van der Waals surface area contributed by atoms with Crippen LogP contribution < -0.4 is 10.6 Å². The van der Waals surface area contributed by atoms with Crippen LogP contribution in [0.2, 0.25) is 0 Å². The fourth-order valence-corrected chi connectivity index (χ4v) is 1.09. The average molecular weight is 208 g/mol. The van der Waals surface area contributed by atoms with Gasteiger partial charge >= 0.3 is 0 Å². The average Bonchev–Trinajstić information content (AvgIpc) is 2.22. The van der Waals surface area contributed by atoms with Gasteiger partial charge < -0.3 is 10.6 Å². The van der Waals surface area contributed by atoms with Gasteiger partial charge in [-0.15, -0.1) is 5.10 Å². The molecule has 0 aliphatic rings. The van der Waals surface area contributed by atoms with Gasteiger partial charge in [-0.1, -0.05) is 0 Å². The molecule has 15 heavy (non-hydrogen) atoms. The van der Waals surface area contributed by atoms with Crippen molar-refractivity contribution in [3.63, 3.8) is 0 Å². The molecular formula is C10H16N4O. The second-order valence-corrected chi connectivity index (χ2v) is 3.32. The Morgan fingerprint density at radius 2 is 2.20 bits per heavy atom. The Hall–Kier alpha value is -1.65. The van der Waals surface area contributed by atoms with Crippen molar-refractivity contribution in [1.29, 1.82) is 0 Å². The molecule has 0 aromatic carbocycles. The minimum absolute atomic E-state index is 0.0418. The Balaban J connectivity index is 2.54. The van der Waals surface area contributed by atoms with E-state index in [0.717, 1.165) is 5.69 Å². The Morgan fingerprint density at radius 1 is 1.47 bits per heavy atom. The molecule has 0 aliphatic heterocycles. The second kappa shape index (κ2) is 5.29. The number of carbonyl (C=O) groups is 1. The first-order valence-corrected chi connectivity index (χ1v) is 4.98. The van der Waals surface area contributed by atoms with Gasteiger partial charge in [0.15, 0.2) is 0 Å². The number of hydrogen-bond donors (Lipinski definition) is 2. The Morgan fingerprint density at radius 3 is 2.73 bits per heavy atom. The summed E-state index contributed by atoms with van der Waals surface area (Å²) in [4.78, 5) is 11.4. The minimum Gasteiger partial charge on any atom is -0.357 e. The molecule has 82 valence electrons. The third kappa shape index (κ3) is 3.53. The SMILES string of the molecule is CCNC(=O)C(C)Nc1ccc(C)nn1. The molecule has 5 nitrogen and oxygen atoms in total. The predicted molar refractivity (Wildman–Crippen MR) is 58.5 cm³/mol. The van der Waals surface area contributed by atoms with Crippen molar-refractivity contribution in [3.05, 3.63) is 17.8 Å². The zero-order valence-electron chi connectivity index (χ0n) is 9.24. The van der Waals surface area contributed by atoms with E-state index in [1.807, 2.05) is 19.9 Å². The number of rotatable bonds is 4. The summed E-state index contributed by atoms with van der Waals surface area (Å²) >= 11 is 0. The molecule has 0 fully saturated rings. The smallest absolute Gasteiger partial charge is 0.242 e. The summed E-state index contributed by atoms with van der Waals surface area (Å²) in [6, 6.07) is 3.35. The highest BCUT2D eigenvalue weighted by Gasteiger charge is 2.11. The normalized spacial score (nSPS) is 11.9. The molecule has 1 aromatic rings. The lowest BCUT2D eigenvalue weighted by Crippen LogP contribution is -2.37. The fraction of sp³-hybridized carbons (Fsp3) is 0.500. The van der Waals surface area contributed by atoms with E-state index >= 15 is 0 Å². The van der Waals surface area contributed by atoms with Crippen molar-refractivity contribution in [3.8, 4) is 0 Å². The number of aromatic nitrogens is 2. The Bertz CT molecular complexity index is 323. The number of hydrogen-bond acceptors (Lipinski definition) is 4. The summed E-state index contributed by atoms with van der Waals surface area (Å²) in [5.74, 6) is 0.569. The molecule has 1 amide bonds. The fourth-order valence-electron chi connectivity index (χ4n) is 1.09. The molecule has 2 N–H and O–H groups in total. The maximum Gasteiger partial charge on any atom is 0.242 e. The van der Waals surface area contributed by atoms with Gasteiger partial charge in [0.05, 0.1) is 5.69 Å². The van der Waals surface area contributed by atoms with Crippen molar-refractivity contribution in [2.24, 2.45) is 0 Å². The topological polar surface area (TPSA) is 66.9 Å². The number of amides is 1. The van der Waals surface area contributed by atoms with Crippen molar-refractivity contribution in [2.45, 2.75) is 26.8 Å². The highest BCUT2D eigenvalue weighted by Crippen LogP contribution is 2.03. The van der Waals surface area contributed by atoms with Crippen LogP contribution in [0.3, 0.4) is 0 Å². The first-order chi connectivity index (χ1) is 7.13. The van der Waals surface area contributed by atoms with Crippen molar-refractivity contribution in [2.75, 3.05) is 11.9 Å². The second-order valence-electron chi connectivity index (χ2n) is 3.32. The van der Waals surface area contributed by atoms with E-state index < -0.39 is 0 Å². The first kappa shape index (κ1) is 11.4. The largest absolute Gasteiger partial charge is 0.357 e. The van der Waals surface area contributed by atoms with Gasteiger partial charge in [-0.3, -0.25) is 4.79 Å². The number of nitrogens with zero attached hydrogens (tertiary/aromatic N) is 2. The highest BCUT2D eigenvalue weighted by molar-refractivity contribution is 5.83. The molecule has 0 radical (unpaired) electrons.